The van der Waals surface area contributed by atoms with Crippen LogP contribution in [0.3, 0.4) is 0 Å². The van der Waals surface area contributed by atoms with Gasteiger partial charge in [-0.3, -0.25) is 4.79 Å². The van der Waals surface area contributed by atoms with Gasteiger partial charge in [-0.15, -0.1) is 11.6 Å². The molecule has 0 aromatic carbocycles. The SMILES string of the molecule is COC1(CC(=O)NC(C)CC(C)Cl)CCC1. The third-order valence-corrected chi connectivity index (χ3v) is 3.44. The van der Waals surface area contributed by atoms with E-state index in [-0.39, 0.29) is 22.9 Å². The third-order valence-electron chi connectivity index (χ3n) is 3.27. The average Bonchev–Trinajstić information content (AvgIpc) is 2.09. The van der Waals surface area contributed by atoms with Crippen LogP contribution in [0.25, 0.3) is 0 Å². The Morgan fingerprint density at radius 1 is 1.50 bits per heavy atom. The van der Waals surface area contributed by atoms with Crippen molar-refractivity contribution in [2.75, 3.05) is 7.11 Å². The minimum atomic E-state index is -0.184. The molecule has 0 bridgehead atoms. The highest BCUT2D eigenvalue weighted by molar-refractivity contribution is 6.20. The number of carbonyl (C=O) groups is 1. The van der Waals surface area contributed by atoms with Gasteiger partial charge in [0.2, 0.25) is 5.91 Å². The third kappa shape index (κ3) is 3.95. The van der Waals surface area contributed by atoms with E-state index >= 15 is 0 Å². The van der Waals surface area contributed by atoms with Gasteiger partial charge < -0.3 is 10.1 Å². The summed E-state index contributed by atoms with van der Waals surface area (Å²) >= 11 is 5.88. The van der Waals surface area contributed by atoms with Gasteiger partial charge in [0.05, 0.1) is 12.0 Å². The lowest BCUT2D eigenvalue weighted by Gasteiger charge is -2.40. The largest absolute Gasteiger partial charge is 0.378 e. The lowest BCUT2D eigenvalue weighted by molar-refractivity contribution is -0.134. The summed E-state index contributed by atoms with van der Waals surface area (Å²) in [6, 6.07) is 0.133. The molecule has 1 aliphatic rings. The number of nitrogens with one attached hydrogen (secondary N) is 1. The number of halogens is 1. The average molecular weight is 248 g/mol. The fourth-order valence-corrected chi connectivity index (χ4v) is 2.46. The number of carbonyl (C=O) groups excluding carboxylic acids is 1. The summed E-state index contributed by atoms with van der Waals surface area (Å²) < 4.78 is 5.42. The predicted molar refractivity (Wildman–Crippen MR) is 65.7 cm³/mol. The normalized spacial score (nSPS) is 22.0. The molecule has 0 saturated heterocycles. The molecule has 0 spiro atoms. The molecule has 0 aliphatic heterocycles. The zero-order valence-electron chi connectivity index (χ0n) is 10.4. The summed E-state index contributed by atoms with van der Waals surface area (Å²) in [6.45, 7) is 3.92. The minimum absolute atomic E-state index is 0.0753. The Morgan fingerprint density at radius 3 is 2.50 bits per heavy atom. The monoisotopic (exact) mass is 247 g/mol. The van der Waals surface area contributed by atoms with Gasteiger partial charge in [-0.25, -0.2) is 0 Å². The number of hydrogen-bond donors (Lipinski definition) is 1. The number of hydrogen-bond acceptors (Lipinski definition) is 2. The molecule has 3 nitrogen and oxygen atoms in total. The number of amides is 1. The van der Waals surface area contributed by atoms with Crippen molar-refractivity contribution in [3.63, 3.8) is 0 Å². The van der Waals surface area contributed by atoms with Crippen molar-refractivity contribution in [1.82, 2.24) is 5.32 Å². The molecular formula is C12H22ClNO2. The van der Waals surface area contributed by atoms with E-state index in [1.807, 2.05) is 13.8 Å². The maximum atomic E-state index is 11.8. The Labute approximate surface area is 103 Å². The van der Waals surface area contributed by atoms with Crippen LogP contribution >= 0.6 is 11.6 Å². The van der Waals surface area contributed by atoms with E-state index in [9.17, 15) is 4.79 Å². The van der Waals surface area contributed by atoms with Crippen LogP contribution in [0.5, 0.6) is 0 Å². The van der Waals surface area contributed by atoms with E-state index < -0.39 is 0 Å². The number of rotatable bonds is 6. The van der Waals surface area contributed by atoms with Crippen molar-refractivity contribution < 1.29 is 9.53 Å². The smallest absolute Gasteiger partial charge is 0.223 e. The first kappa shape index (κ1) is 13.8. The van der Waals surface area contributed by atoms with Crippen molar-refractivity contribution in [1.29, 1.82) is 0 Å². The second-order valence-electron chi connectivity index (χ2n) is 4.90. The van der Waals surface area contributed by atoms with E-state index in [1.165, 1.54) is 0 Å². The highest BCUT2D eigenvalue weighted by atomic mass is 35.5. The van der Waals surface area contributed by atoms with Crippen LogP contribution in [0.1, 0.15) is 46.0 Å². The van der Waals surface area contributed by atoms with E-state index in [2.05, 4.69) is 5.32 Å². The summed E-state index contributed by atoms with van der Waals surface area (Å²) in [5.74, 6) is 0.0753. The van der Waals surface area contributed by atoms with Crippen molar-refractivity contribution in [2.24, 2.45) is 0 Å². The van der Waals surface area contributed by atoms with Gasteiger partial charge in [-0.1, -0.05) is 0 Å². The van der Waals surface area contributed by atoms with Crippen molar-refractivity contribution in [3.8, 4) is 0 Å². The predicted octanol–water partition coefficient (Wildman–Crippen LogP) is 2.47. The van der Waals surface area contributed by atoms with Crippen LogP contribution in [-0.2, 0) is 9.53 Å². The summed E-state index contributed by atoms with van der Waals surface area (Å²) in [5, 5.41) is 3.06. The van der Waals surface area contributed by atoms with Gasteiger partial charge >= 0.3 is 0 Å². The summed E-state index contributed by atoms with van der Waals surface area (Å²) in [7, 11) is 1.69. The summed E-state index contributed by atoms with van der Waals surface area (Å²) in [5.41, 5.74) is -0.184. The fraction of sp³-hybridized carbons (Fsp3) is 0.917. The maximum Gasteiger partial charge on any atom is 0.223 e. The maximum absolute atomic E-state index is 11.8. The molecule has 0 aromatic heterocycles. The molecule has 16 heavy (non-hydrogen) atoms. The molecule has 94 valence electrons. The molecule has 1 N–H and O–H groups in total. The molecular weight excluding hydrogens is 226 g/mol. The quantitative estimate of drug-likeness (QED) is 0.733. The zero-order valence-corrected chi connectivity index (χ0v) is 11.1. The van der Waals surface area contributed by atoms with Crippen LogP contribution in [0.4, 0.5) is 0 Å². The van der Waals surface area contributed by atoms with E-state index in [0.29, 0.717) is 6.42 Å². The molecule has 1 amide bonds. The molecule has 1 rings (SSSR count). The molecule has 0 aromatic rings. The Kier molecular flexibility index (Phi) is 5.06. The number of alkyl halides is 1. The van der Waals surface area contributed by atoms with Gasteiger partial charge in [-0.2, -0.15) is 0 Å². The molecule has 4 heteroatoms. The first-order valence-electron chi connectivity index (χ1n) is 5.96. The first-order chi connectivity index (χ1) is 7.47. The second kappa shape index (κ2) is 5.87. The van der Waals surface area contributed by atoms with Crippen molar-refractivity contribution >= 4 is 17.5 Å². The van der Waals surface area contributed by atoms with Crippen LogP contribution < -0.4 is 5.32 Å². The number of ether oxygens (including phenoxy) is 1. The lowest BCUT2D eigenvalue weighted by Crippen LogP contribution is -2.45. The van der Waals surface area contributed by atoms with Crippen LogP contribution in [-0.4, -0.2) is 30.0 Å². The second-order valence-corrected chi connectivity index (χ2v) is 5.65. The van der Waals surface area contributed by atoms with Crippen LogP contribution in [0, 0.1) is 0 Å². The Balaban J connectivity index is 2.29. The minimum Gasteiger partial charge on any atom is -0.378 e. The highest BCUT2D eigenvalue weighted by Gasteiger charge is 2.39. The van der Waals surface area contributed by atoms with Gasteiger partial charge in [-0.05, 0) is 39.5 Å². The lowest BCUT2D eigenvalue weighted by atomic mass is 9.77. The van der Waals surface area contributed by atoms with Gasteiger partial charge in [0.15, 0.2) is 0 Å². The highest BCUT2D eigenvalue weighted by Crippen LogP contribution is 2.37. The van der Waals surface area contributed by atoms with Crippen LogP contribution in [0.15, 0.2) is 0 Å². The molecule has 2 atom stereocenters. The van der Waals surface area contributed by atoms with E-state index in [1.54, 1.807) is 7.11 Å². The first-order valence-corrected chi connectivity index (χ1v) is 6.40. The van der Waals surface area contributed by atoms with Crippen molar-refractivity contribution in [2.45, 2.75) is 63.0 Å². The summed E-state index contributed by atoms with van der Waals surface area (Å²) in [6.07, 6.45) is 4.43. The topological polar surface area (TPSA) is 38.3 Å². The molecule has 2 unspecified atom stereocenters. The van der Waals surface area contributed by atoms with Crippen LogP contribution in [0.2, 0.25) is 0 Å². The molecule has 1 fully saturated rings. The molecule has 1 aliphatic carbocycles. The molecule has 0 radical (unpaired) electrons. The van der Waals surface area contributed by atoms with Gasteiger partial charge in [0.1, 0.15) is 0 Å². The molecule has 1 saturated carbocycles. The Hall–Kier alpha value is -0.280. The number of methoxy groups -OCH3 is 1. The molecule has 0 heterocycles. The summed E-state index contributed by atoms with van der Waals surface area (Å²) in [4.78, 5) is 11.8. The fourth-order valence-electron chi connectivity index (χ4n) is 2.19. The Morgan fingerprint density at radius 2 is 2.12 bits per heavy atom. The Bertz CT molecular complexity index is 234. The zero-order chi connectivity index (χ0) is 12.2. The van der Waals surface area contributed by atoms with Gasteiger partial charge in [0.25, 0.3) is 0 Å². The standard InChI is InChI=1S/C12H22ClNO2/c1-9(13)7-10(2)14-11(15)8-12(16-3)5-4-6-12/h9-10H,4-8H2,1-3H3,(H,14,15). The van der Waals surface area contributed by atoms with E-state index in [0.717, 1.165) is 25.7 Å². The van der Waals surface area contributed by atoms with Crippen molar-refractivity contribution in [3.05, 3.63) is 0 Å². The van der Waals surface area contributed by atoms with E-state index in [4.69, 9.17) is 16.3 Å². The van der Waals surface area contributed by atoms with Gasteiger partial charge in [0, 0.05) is 18.5 Å².